The highest BCUT2D eigenvalue weighted by Gasteiger charge is 2.41. The topological polar surface area (TPSA) is 35.2 Å². The maximum atomic E-state index is 13.8. The van der Waals surface area contributed by atoms with Gasteiger partial charge in [0.05, 0.1) is 11.6 Å². The molecular weight excluding hydrogens is 217 g/mol. The lowest BCUT2D eigenvalue weighted by atomic mass is 9.86. The average molecular weight is 237 g/mol. The van der Waals surface area contributed by atoms with E-state index in [-0.39, 0.29) is 17.5 Å². The molecule has 2 rings (SSSR count). The van der Waals surface area contributed by atoms with Gasteiger partial charge in [-0.2, -0.15) is 0 Å². The van der Waals surface area contributed by atoms with Crippen molar-refractivity contribution in [1.29, 1.82) is 0 Å². The van der Waals surface area contributed by atoms with Gasteiger partial charge >= 0.3 is 0 Å². The fourth-order valence-electron chi connectivity index (χ4n) is 2.80. The molecule has 1 fully saturated rings. The van der Waals surface area contributed by atoms with E-state index in [2.05, 4.69) is 0 Å². The molecule has 0 amide bonds. The Bertz CT molecular complexity index is 399. The lowest BCUT2D eigenvalue weighted by molar-refractivity contribution is -0.0272. The van der Waals surface area contributed by atoms with E-state index in [0.717, 1.165) is 31.2 Å². The number of halogens is 1. The van der Waals surface area contributed by atoms with Crippen molar-refractivity contribution >= 4 is 0 Å². The van der Waals surface area contributed by atoms with E-state index >= 15 is 0 Å². The number of aryl methyl sites for hydroxylation is 1. The summed E-state index contributed by atoms with van der Waals surface area (Å²) >= 11 is 0. The number of nitrogens with two attached hydrogens (primary N) is 1. The first-order valence-electron chi connectivity index (χ1n) is 6.16. The molecular formula is C14H20FNO. The van der Waals surface area contributed by atoms with Gasteiger partial charge in [0, 0.05) is 12.7 Å². The summed E-state index contributed by atoms with van der Waals surface area (Å²) in [7, 11) is 1.68. The van der Waals surface area contributed by atoms with Crippen LogP contribution in [0.1, 0.15) is 42.9 Å². The van der Waals surface area contributed by atoms with Crippen LogP contribution in [-0.4, -0.2) is 12.7 Å². The van der Waals surface area contributed by atoms with Gasteiger partial charge in [0.15, 0.2) is 0 Å². The van der Waals surface area contributed by atoms with Crippen LogP contribution in [0.3, 0.4) is 0 Å². The molecule has 0 heterocycles. The van der Waals surface area contributed by atoms with Crippen molar-refractivity contribution in [2.45, 2.75) is 44.2 Å². The molecule has 1 saturated carbocycles. The summed E-state index contributed by atoms with van der Waals surface area (Å²) in [6.07, 6.45) is 4.04. The minimum absolute atomic E-state index is 0.230. The Morgan fingerprint density at radius 1 is 1.35 bits per heavy atom. The molecule has 2 N–H and O–H groups in total. The molecule has 1 atom stereocenters. The number of methoxy groups -OCH3 is 1. The van der Waals surface area contributed by atoms with Gasteiger partial charge in [-0.05, 0) is 25.8 Å². The van der Waals surface area contributed by atoms with Gasteiger partial charge in [-0.3, -0.25) is 0 Å². The van der Waals surface area contributed by atoms with E-state index in [1.54, 1.807) is 13.2 Å². The van der Waals surface area contributed by atoms with Gasteiger partial charge in [-0.15, -0.1) is 0 Å². The van der Waals surface area contributed by atoms with Crippen molar-refractivity contribution in [3.63, 3.8) is 0 Å². The molecule has 2 nitrogen and oxygen atoms in total. The summed E-state index contributed by atoms with van der Waals surface area (Å²) in [6.45, 7) is 1.95. The summed E-state index contributed by atoms with van der Waals surface area (Å²) in [5.41, 5.74) is 7.48. The highest BCUT2D eigenvalue weighted by Crippen LogP contribution is 2.41. The van der Waals surface area contributed by atoms with Crippen molar-refractivity contribution in [3.8, 4) is 0 Å². The number of hydrogen-bond donors (Lipinski definition) is 1. The van der Waals surface area contributed by atoms with Crippen molar-refractivity contribution in [1.82, 2.24) is 0 Å². The molecule has 1 aromatic rings. The van der Waals surface area contributed by atoms with Crippen LogP contribution < -0.4 is 5.73 Å². The predicted molar refractivity (Wildman–Crippen MR) is 66.3 cm³/mol. The molecule has 0 radical (unpaired) electrons. The molecule has 1 aliphatic carbocycles. The van der Waals surface area contributed by atoms with Crippen LogP contribution in [0.5, 0.6) is 0 Å². The molecule has 1 aliphatic rings. The van der Waals surface area contributed by atoms with Crippen LogP contribution in [0.15, 0.2) is 18.2 Å². The Labute approximate surface area is 102 Å². The average Bonchev–Trinajstić information content (AvgIpc) is 2.81. The molecule has 17 heavy (non-hydrogen) atoms. The maximum Gasteiger partial charge on any atom is 0.128 e. The number of rotatable bonds is 3. The third kappa shape index (κ3) is 2.22. The van der Waals surface area contributed by atoms with Crippen LogP contribution in [0.4, 0.5) is 4.39 Å². The van der Waals surface area contributed by atoms with E-state index in [4.69, 9.17) is 10.5 Å². The molecule has 3 heteroatoms. The van der Waals surface area contributed by atoms with Crippen LogP contribution in [-0.2, 0) is 4.74 Å². The summed E-state index contributed by atoms with van der Waals surface area (Å²) < 4.78 is 19.5. The lowest BCUT2D eigenvalue weighted by Gasteiger charge is -2.34. The van der Waals surface area contributed by atoms with Crippen LogP contribution in [0.25, 0.3) is 0 Å². The molecule has 0 aromatic heterocycles. The van der Waals surface area contributed by atoms with E-state index in [9.17, 15) is 4.39 Å². The van der Waals surface area contributed by atoms with E-state index in [1.807, 2.05) is 13.0 Å². The molecule has 0 bridgehead atoms. The lowest BCUT2D eigenvalue weighted by Crippen LogP contribution is -2.41. The Hall–Kier alpha value is -0.930. The fourth-order valence-corrected chi connectivity index (χ4v) is 2.80. The zero-order valence-corrected chi connectivity index (χ0v) is 10.5. The third-order valence-corrected chi connectivity index (χ3v) is 3.91. The first-order valence-corrected chi connectivity index (χ1v) is 6.16. The molecule has 94 valence electrons. The monoisotopic (exact) mass is 237 g/mol. The quantitative estimate of drug-likeness (QED) is 0.876. The Morgan fingerprint density at radius 3 is 2.59 bits per heavy atom. The number of benzene rings is 1. The molecule has 1 aromatic carbocycles. The van der Waals surface area contributed by atoms with Gasteiger partial charge in [0.1, 0.15) is 5.82 Å². The zero-order valence-electron chi connectivity index (χ0n) is 10.5. The highest BCUT2D eigenvalue weighted by molar-refractivity contribution is 5.29. The first kappa shape index (κ1) is 12.5. The second-order valence-electron chi connectivity index (χ2n) is 4.98. The van der Waals surface area contributed by atoms with Gasteiger partial charge in [0.25, 0.3) is 0 Å². The predicted octanol–water partition coefficient (Wildman–Crippen LogP) is 3.09. The molecule has 1 unspecified atom stereocenters. The Morgan fingerprint density at radius 2 is 2.00 bits per heavy atom. The van der Waals surface area contributed by atoms with Crippen molar-refractivity contribution in [3.05, 3.63) is 35.1 Å². The van der Waals surface area contributed by atoms with Crippen molar-refractivity contribution < 1.29 is 9.13 Å². The summed E-state index contributed by atoms with van der Waals surface area (Å²) in [5, 5.41) is 0. The standard InChI is InChI=1S/C14H20FNO/c1-10-5-6-12(15)11(9-10)13(16)14(17-2)7-3-4-8-14/h5-6,9,13H,3-4,7-8,16H2,1-2H3. The van der Waals surface area contributed by atoms with Crippen LogP contribution in [0.2, 0.25) is 0 Å². The Kier molecular flexibility index (Phi) is 3.50. The summed E-state index contributed by atoms with van der Waals surface area (Å²) in [6, 6.07) is 4.71. The molecule has 0 saturated heterocycles. The maximum absolute atomic E-state index is 13.8. The zero-order chi connectivity index (χ0) is 12.5. The SMILES string of the molecule is COC1(C(N)c2cc(C)ccc2F)CCCC1. The third-order valence-electron chi connectivity index (χ3n) is 3.91. The first-order chi connectivity index (χ1) is 8.09. The van der Waals surface area contributed by atoms with Gasteiger partial charge in [-0.25, -0.2) is 4.39 Å². The largest absolute Gasteiger partial charge is 0.376 e. The van der Waals surface area contributed by atoms with Crippen molar-refractivity contribution in [2.75, 3.05) is 7.11 Å². The van der Waals surface area contributed by atoms with Gasteiger partial charge in [0.2, 0.25) is 0 Å². The minimum Gasteiger partial charge on any atom is -0.376 e. The Balaban J connectivity index is 2.35. The smallest absolute Gasteiger partial charge is 0.128 e. The van der Waals surface area contributed by atoms with Crippen LogP contribution >= 0.6 is 0 Å². The van der Waals surface area contributed by atoms with Crippen LogP contribution in [0, 0.1) is 12.7 Å². The number of ether oxygens (including phenoxy) is 1. The van der Waals surface area contributed by atoms with E-state index < -0.39 is 0 Å². The molecule has 0 aliphatic heterocycles. The molecule has 0 spiro atoms. The second-order valence-corrected chi connectivity index (χ2v) is 4.98. The van der Waals surface area contributed by atoms with Gasteiger partial charge < -0.3 is 10.5 Å². The second kappa shape index (κ2) is 4.75. The minimum atomic E-state index is -0.380. The van der Waals surface area contributed by atoms with E-state index in [0.29, 0.717) is 5.56 Å². The fraction of sp³-hybridized carbons (Fsp3) is 0.571. The summed E-state index contributed by atoms with van der Waals surface area (Å²) in [5.74, 6) is -0.230. The van der Waals surface area contributed by atoms with Crippen molar-refractivity contribution in [2.24, 2.45) is 5.73 Å². The van der Waals surface area contributed by atoms with Gasteiger partial charge in [-0.1, -0.05) is 30.5 Å². The normalized spacial score (nSPS) is 20.5. The number of hydrogen-bond acceptors (Lipinski definition) is 2. The highest BCUT2D eigenvalue weighted by atomic mass is 19.1. The van der Waals surface area contributed by atoms with E-state index in [1.165, 1.54) is 6.07 Å². The summed E-state index contributed by atoms with van der Waals surface area (Å²) in [4.78, 5) is 0.